The zero-order chi connectivity index (χ0) is 24.2. The Balaban J connectivity index is 0.00000190. The van der Waals surface area contributed by atoms with Crippen LogP contribution in [0.4, 0.5) is 5.82 Å². The molecular weight excluding hydrogens is 444 g/mol. The van der Waals surface area contributed by atoms with E-state index in [1.54, 1.807) is 23.1 Å². The van der Waals surface area contributed by atoms with Gasteiger partial charge in [-0.3, -0.25) is 4.79 Å². The van der Waals surface area contributed by atoms with Crippen LogP contribution < -0.4 is 11.1 Å². The Morgan fingerprint density at radius 1 is 1.11 bits per heavy atom. The van der Waals surface area contributed by atoms with Crippen molar-refractivity contribution in [3.63, 3.8) is 0 Å². The van der Waals surface area contributed by atoms with Crippen LogP contribution in [0.1, 0.15) is 25.2 Å². The van der Waals surface area contributed by atoms with Gasteiger partial charge in [0.25, 0.3) is 11.8 Å². The molecule has 1 amide bonds. The molecule has 1 aliphatic rings. The molecule has 0 radical (unpaired) electrons. The van der Waals surface area contributed by atoms with Crippen LogP contribution in [-0.2, 0) is 0 Å². The highest BCUT2D eigenvalue weighted by Gasteiger charge is 2.21. The molecule has 2 aromatic carbocycles. The number of nitrogens with two attached hydrogens (primary N) is 1. The van der Waals surface area contributed by atoms with Gasteiger partial charge in [-0.15, -0.1) is 10.2 Å². The third kappa shape index (κ3) is 4.58. The first-order valence-corrected chi connectivity index (χ1v) is 11.2. The molecule has 5 rings (SSSR count). The molecule has 10 nitrogen and oxygen atoms in total. The quantitative estimate of drug-likeness (QED) is 0.458. The predicted octanol–water partition coefficient (Wildman–Crippen LogP) is 3.24. The number of hydrogen-bond acceptors (Lipinski definition) is 9. The number of nitrogen functional groups attached to an aromatic ring is 1. The summed E-state index contributed by atoms with van der Waals surface area (Å²) in [7, 11) is 0. The summed E-state index contributed by atoms with van der Waals surface area (Å²) in [6.07, 6.45) is 2.37. The van der Waals surface area contributed by atoms with Gasteiger partial charge >= 0.3 is 0 Å². The third-order valence-electron chi connectivity index (χ3n) is 5.74. The highest BCUT2D eigenvalue weighted by atomic mass is 16.4. The SMILES string of the molecule is N#Cc1cc(C(=O)N2CCCNCC2)ccc1-c1cnc(N)c(-c2nnc(-c3ccccc3)o2)n1.[HH].[HH]. The van der Waals surface area contributed by atoms with Crippen LogP contribution in [0.2, 0.25) is 0 Å². The van der Waals surface area contributed by atoms with Gasteiger partial charge in [-0.25, -0.2) is 9.97 Å². The number of rotatable bonds is 4. The Morgan fingerprint density at radius 3 is 2.77 bits per heavy atom. The fraction of sp³-hybridized carbons (Fsp3) is 0.200. The van der Waals surface area contributed by atoms with Crippen molar-refractivity contribution in [1.82, 2.24) is 30.4 Å². The number of carbonyl (C=O) groups is 1. The van der Waals surface area contributed by atoms with Crippen molar-refractivity contribution in [2.24, 2.45) is 0 Å². The van der Waals surface area contributed by atoms with E-state index in [9.17, 15) is 10.1 Å². The number of anilines is 1. The van der Waals surface area contributed by atoms with Gasteiger partial charge in [0.05, 0.1) is 23.5 Å². The molecule has 35 heavy (non-hydrogen) atoms. The third-order valence-corrected chi connectivity index (χ3v) is 5.74. The van der Waals surface area contributed by atoms with Gasteiger partial charge in [0.2, 0.25) is 5.89 Å². The normalized spacial score (nSPS) is 13.7. The monoisotopic (exact) mass is 470 g/mol. The molecule has 1 aliphatic heterocycles. The maximum absolute atomic E-state index is 13.0. The van der Waals surface area contributed by atoms with Crippen molar-refractivity contribution >= 4 is 11.7 Å². The molecular formula is C25H26N8O2. The van der Waals surface area contributed by atoms with Crippen LogP contribution in [0.3, 0.4) is 0 Å². The first kappa shape index (κ1) is 22.2. The number of nitrogens with one attached hydrogen (secondary N) is 1. The molecule has 10 heteroatoms. The van der Waals surface area contributed by atoms with Crippen molar-refractivity contribution in [2.75, 3.05) is 31.9 Å². The Labute approximate surface area is 204 Å². The van der Waals surface area contributed by atoms with Crippen molar-refractivity contribution in [1.29, 1.82) is 5.26 Å². The van der Waals surface area contributed by atoms with E-state index < -0.39 is 0 Å². The maximum Gasteiger partial charge on any atom is 0.270 e. The molecule has 4 aromatic rings. The average molecular weight is 471 g/mol. The van der Waals surface area contributed by atoms with E-state index in [1.165, 1.54) is 6.20 Å². The van der Waals surface area contributed by atoms with Crippen molar-refractivity contribution in [2.45, 2.75) is 6.42 Å². The van der Waals surface area contributed by atoms with E-state index in [2.05, 4.69) is 31.6 Å². The molecule has 0 aliphatic carbocycles. The standard InChI is InChI=1S/C25H22N8O2.2H2/c26-14-18-13-17(25(34)33-11-4-9-28-10-12-33)7-8-19(18)20-15-29-22(27)21(30-20)24-32-31-23(35-24)16-5-2-1-3-6-16;;/h1-3,5-8,13,15,28H,4,9-12H2,(H2,27,29);2*1H. The average Bonchev–Trinajstić information content (AvgIpc) is 3.23. The maximum atomic E-state index is 13.0. The second-order valence-corrected chi connectivity index (χ2v) is 8.04. The lowest BCUT2D eigenvalue weighted by Gasteiger charge is -2.20. The van der Waals surface area contributed by atoms with Crippen LogP contribution >= 0.6 is 0 Å². The molecule has 3 N–H and O–H groups in total. The zero-order valence-electron chi connectivity index (χ0n) is 18.8. The smallest absolute Gasteiger partial charge is 0.270 e. The fourth-order valence-electron chi connectivity index (χ4n) is 3.93. The van der Waals surface area contributed by atoms with Crippen molar-refractivity contribution in [3.05, 3.63) is 65.9 Å². The Morgan fingerprint density at radius 2 is 1.94 bits per heavy atom. The number of carbonyl (C=O) groups excluding carboxylic acids is 1. The molecule has 1 fully saturated rings. The van der Waals surface area contributed by atoms with Gasteiger partial charge in [-0.1, -0.05) is 24.3 Å². The minimum atomic E-state index is -0.0971. The lowest BCUT2D eigenvalue weighted by atomic mass is 10.0. The van der Waals surface area contributed by atoms with E-state index in [0.29, 0.717) is 41.4 Å². The Bertz CT molecular complexity index is 1410. The van der Waals surface area contributed by atoms with Gasteiger partial charge in [-0.2, -0.15) is 5.26 Å². The summed E-state index contributed by atoms with van der Waals surface area (Å²) in [5, 5.41) is 21.3. The Kier molecular flexibility index (Phi) is 6.15. The van der Waals surface area contributed by atoms with Gasteiger partial charge < -0.3 is 20.4 Å². The van der Waals surface area contributed by atoms with E-state index in [0.717, 1.165) is 25.1 Å². The summed E-state index contributed by atoms with van der Waals surface area (Å²) >= 11 is 0. The summed E-state index contributed by atoms with van der Waals surface area (Å²) in [4.78, 5) is 23.6. The first-order valence-electron chi connectivity index (χ1n) is 11.2. The van der Waals surface area contributed by atoms with Crippen LogP contribution in [0.25, 0.3) is 34.3 Å². The molecule has 2 aromatic heterocycles. The summed E-state index contributed by atoms with van der Waals surface area (Å²) in [5.74, 6) is 0.476. The molecule has 1 saturated heterocycles. The van der Waals surface area contributed by atoms with E-state index >= 15 is 0 Å². The number of hydrogen-bond donors (Lipinski definition) is 2. The molecule has 3 heterocycles. The van der Waals surface area contributed by atoms with Crippen molar-refractivity contribution < 1.29 is 12.1 Å². The van der Waals surface area contributed by atoms with Gasteiger partial charge in [0.15, 0.2) is 11.5 Å². The molecule has 0 spiro atoms. The highest BCUT2D eigenvalue weighted by Crippen LogP contribution is 2.29. The summed E-state index contributed by atoms with van der Waals surface area (Å²) < 4.78 is 5.79. The lowest BCUT2D eigenvalue weighted by molar-refractivity contribution is 0.0766. The number of nitriles is 1. The van der Waals surface area contributed by atoms with Gasteiger partial charge in [0, 0.05) is 39.2 Å². The zero-order valence-corrected chi connectivity index (χ0v) is 18.8. The number of nitrogens with zero attached hydrogens (tertiary/aromatic N) is 6. The summed E-state index contributed by atoms with van der Waals surface area (Å²) in [6, 6.07) is 16.5. The summed E-state index contributed by atoms with van der Waals surface area (Å²) in [5.41, 5.74) is 8.74. The van der Waals surface area contributed by atoms with Crippen LogP contribution in [0.5, 0.6) is 0 Å². The van der Waals surface area contributed by atoms with E-state index in [1.807, 2.05) is 30.3 Å². The molecule has 0 unspecified atom stereocenters. The highest BCUT2D eigenvalue weighted by molar-refractivity contribution is 5.95. The lowest BCUT2D eigenvalue weighted by Crippen LogP contribution is -2.34. The largest absolute Gasteiger partial charge is 0.414 e. The van der Waals surface area contributed by atoms with Crippen LogP contribution in [0, 0.1) is 11.3 Å². The topological polar surface area (TPSA) is 147 Å². The second-order valence-electron chi connectivity index (χ2n) is 8.04. The number of benzene rings is 2. The van der Waals surface area contributed by atoms with Gasteiger partial charge in [0.1, 0.15) is 0 Å². The van der Waals surface area contributed by atoms with Gasteiger partial charge in [-0.05, 0) is 37.2 Å². The molecule has 178 valence electrons. The van der Waals surface area contributed by atoms with E-state index in [-0.39, 0.29) is 26.2 Å². The minimum Gasteiger partial charge on any atom is -0.414 e. The number of aromatic nitrogens is 4. The number of amides is 1. The Hall–Kier alpha value is -4.62. The predicted molar refractivity (Wildman–Crippen MR) is 133 cm³/mol. The first-order chi connectivity index (χ1) is 17.1. The summed E-state index contributed by atoms with van der Waals surface area (Å²) in [6.45, 7) is 2.94. The van der Waals surface area contributed by atoms with Crippen molar-refractivity contribution in [3.8, 4) is 40.4 Å². The minimum absolute atomic E-state index is 0. The van der Waals surface area contributed by atoms with Crippen LogP contribution in [-0.4, -0.2) is 57.2 Å². The van der Waals surface area contributed by atoms with E-state index in [4.69, 9.17) is 10.2 Å². The second kappa shape index (κ2) is 9.70. The molecule has 0 bridgehead atoms. The molecule has 0 atom stereocenters. The molecule has 0 saturated carbocycles. The fourth-order valence-corrected chi connectivity index (χ4v) is 3.93. The van der Waals surface area contributed by atoms with Crippen LogP contribution in [0.15, 0.2) is 59.1 Å².